The Labute approximate surface area is 66.6 Å². The molecule has 0 heterocycles. The maximum Gasteiger partial charge on any atom is 0.154 e. The summed E-state index contributed by atoms with van der Waals surface area (Å²) in [6, 6.07) is 0. The van der Waals surface area contributed by atoms with Crippen molar-refractivity contribution in [2.24, 2.45) is 10.8 Å². The first kappa shape index (κ1) is 10.4. The zero-order valence-electron chi connectivity index (χ0n) is 6.66. The van der Waals surface area contributed by atoms with Gasteiger partial charge in [-0.05, 0) is 6.92 Å². The molecule has 0 aromatic carbocycles. The average molecular weight is 179 g/mol. The lowest BCUT2D eigenvalue weighted by atomic mass is 10.6. The van der Waals surface area contributed by atoms with Crippen molar-refractivity contribution >= 4 is 15.7 Å². The molecule has 0 amide bonds. The zero-order chi connectivity index (χ0) is 8.91. The molecule has 0 aromatic heterocycles. The van der Waals surface area contributed by atoms with Crippen LogP contribution >= 0.6 is 0 Å². The van der Waals surface area contributed by atoms with Gasteiger partial charge in [-0.3, -0.25) is 4.99 Å². The molecule has 0 aliphatic rings. The number of hydrogen-bond donors (Lipinski definition) is 2. The topological polar surface area (TPSA) is 84.5 Å². The highest BCUT2D eigenvalue weighted by Gasteiger charge is 2.06. The van der Waals surface area contributed by atoms with E-state index in [0.717, 1.165) is 6.26 Å². The number of aliphatic imine (C=N–C) groups is 1. The summed E-state index contributed by atoms with van der Waals surface area (Å²) < 4.78 is 21.4. The monoisotopic (exact) mass is 179 g/mol. The lowest BCUT2D eigenvalue weighted by molar-refractivity contribution is 0.605. The Morgan fingerprint density at radius 1 is 1.64 bits per heavy atom. The van der Waals surface area contributed by atoms with Gasteiger partial charge in [-0.2, -0.15) is 0 Å². The van der Waals surface area contributed by atoms with Crippen molar-refractivity contribution in [3.05, 3.63) is 0 Å². The molecule has 3 N–H and O–H groups in total. The van der Waals surface area contributed by atoms with Crippen LogP contribution in [0.2, 0.25) is 0 Å². The Morgan fingerprint density at radius 2 is 2.18 bits per heavy atom. The molecule has 11 heavy (non-hydrogen) atoms. The number of rotatable bonds is 3. The summed E-state index contributed by atoms with van der Waals surface area (Å²) in [6.07, 6.45) is 1.13. The average Bonchev–Trinajstić information content (AvgIpc) is 1.84. The fourth-order valence-electron chi connectivity index (χ4n) is 0.572. The summed E-state index contributed by atoms with van der Waals surface area (Å²) in [5, 5.41) is 0. The lowest BCUT2D eigenvalue weighted by Crippen LogP contribution is -2.35. The van der Waals surface area contributed by atoms with Crippen LogP contribution in [0.4, 0.5) is 0 Å². The highest BCUT2D eigenvalue weighted by atomic mass is 32.2. The maximum absolute atomic E-state index is 10.7. The number of sulfone groups is 1. The van der Waals surface area contributed by atoms with Crippen LogP contribution in [0.15, 0.2) is 4.99 Å². The molecule has 0 aliphatic carbocycles. The van der Waals surface area contributed by atoms with Crippen molar-refractivity contribution in [3.8, 4) is 0 Å². The van der Waals surface area contributed by atoms with Crippen LogP contribution in [0, 0.1) is 0 Å². The van der Waals surface area contributed by atoms with Gasteiger partial charge in [-0.15, -0.1) is 0 Å². The van der Waals surface area contributed by atoms with Gasteiger partial charge in [0.05, 0.1) is 0 Å². The Morgan fingerprint density at radius 3 is 2.45 bits per heavy atom. The van der Waals surface area contributed by atoms with E-state index < -0.39 is 9.84 Å². The smallest absolute Gasteiger partial charge is 0.154 e. The predicted molar refractivity (Wildman–Crippen MR) is 45.0 cm³/mol. The third-order valence-electron chi connectivity index (χ3n) is 0.914. The number of amidine groups is 1. The second-order valence-corrected chi connectivity index (χ2v) is 4.28. The predicted octanol–water partition coefficient (Wildman–Crippen LogP) is -1.09. The van der Waals surface area contributed by atoms with Gasteiger partial charge in [-0.1, -0.05) is 0 Å². The van der Waals surface area contributed by atoms with Crippen LogP contribution in [0.25, 0.3) is 0 Å². The molecule has 5 nitrogen and oxygen atoms in total. The van der Waals surface area contributed by atoms with Crippen LogP contribution < -0.4 is 11.3 Å². The second-order valence-electron chi connectivity index (χ2n) is 2.14. The summed E-state index contributed by atoms with van der Waals surface area (Å²) in [7, 11) is -3.03. The van der Waals surface area contributed by atoms with Crippen molar-refractivity contribution in [3.63, 3.8) is 0 Å². The Hall–Kier alpha value is -0.620. The summed E-state index contributed by atoms with van der Waals surface area (Å²) in [6.45, 7) is 2.33. The number of nitrogens with zero attached hydrogens (tertiary/aromatic N) is 1. The van der Waals surface area contributed by atoms with Gasteiger partial charge in [0, 0.05) is 12.8 Å². The van der Waals surface area contributed by atoms with Gasteiger partial charge in [0.15, 0.2) is 9.84 Å². The molecular weight excluding hydrogens is 166 g/mol. The summed E-state index contributed by atoms with van der Waals surface area (Å²) in [5.74, 6) is 5.19. The molecule has 0 unspecified atom stereocenters. The second kappa shape index (κ2) is 4.30. The van der Waals surface area contributed by atoms with Crippen LogP contribution in [0.3, 0.4) is 0 Å². The van der Waals surface area contributed by atoms with E-state index in [2.05, 4.69) is 10.4 Å². The molecule has 0 fully saturated rings. The maximum atomic E-state index is 10.7. The Kier molecular flexibility index (Phi) is 4.06. The van der Waals surface area contributed by atoms with E-state index in [1.807, 2.05) is 0 Å². The fraction of sp³-hybridized carbons (Fsp3) is 0.800. The molecule has 66 valence electrons. The highest BCUT2D eigenvalue weighted by Crippen LogP contribution is 1.83. The third kappa shape index (κ3) is 5.81. The van der Waals surface area contributed by atoms with Gasteiger partial charge >= 0.3 is 0 Å². The van der Waals surface area contributed by atoms with Gasteiger partial charge in [0.25, 0.3) is 0 Å². The van der Waals surface area contributed by atoms with Gasteiger partial charge in [0.2, 0.25) is 0 Å². The molecule has 0 saturated carbocycles. The van der Waals surface area contributed by atoms with Crippen molar-refractivity contribution < 1.29 is 8.42 Å². The first-order valence-electron chi connectivity index (χ1n) is 3.17. The van der Waals surface area contributed by atoms with E-state index in [-0.39, 0.29) is 5.75 Å². The Balaban J connectivity index is 4.22. The standard InChI is InChI=1S/C5H13N3O2S/c1-3-7-5(8-6)4-11(2,9)10/h3-4,6H2,1-2H3,(H,7,8). The fourth-order valence-corrected chi connectivity index (χ4v) is 1.24. The van der Waals surface area contributed by atoms with Crippen molar-refractivity contribution in [2.75, 3.05) is 18.6 Å². The van der Waals surface area contributed by atoms with Crippen molar-refractivity contribution in [1.29, 1.82) is 0 Å². The molecule has 0 aliphatic heterocycles. The number of nitrogens with two attached hydrogens (primary N) is 1. The van der Waals surface area contributed by atoms with Crippen molar-refractivity contribution in [2.45, 2.75) is 6.92 Å². The van der Waals surface area contributed by atoms with Gasteiger partial charge in [0.1, 0.15) is 11.6 Å². The minimum Gasteiger partial charge on any atom is -0.311 e. The van der Waals surface area contributed by atoms with Crippen LogP contribution in [0.1, 0.15) is 6.92 Å². The summed E-state index contributed by atoms with van der Waals surface area (Å²) in [5.41, 5.74) is 2.23. The molecule has 0 saturated heterocycles. The third-order valence-corrected chi connectivity index (χ3v) is 1.71. The minimum absolute atomic E-state index is 0.128. The molecular formula is C5H13N3O2S. The molecule has 0 aromatic rings. The largest absolute Gasteiger partial charge is 0.311 e. The van der Waals surface area contributed by atoms with Crippen LogP contribution in [-0.2, 0) is 9.84 Å². The summed E-state index contributed by atoms with van der Waals surface area (Å²) >= 11 is 0. The molecule has 0 spiro atoms. The molecule has 0 atom stereocenters. The zero-order valence-corrected chi connectivity index (χ0v) is 7.48. The van der Waals surface area contributed by atoms with E-state index >= 15 is 0 Å². The minimum atomic E-state index is -3.03. The first-order valence-corrected chi connectivity index (χ1v) is 5.23. The normalized spacial score (nSPS) is 13.2. The van der Waals surface area contributed by atoms with Gasteiger partial charge < -0.3 is 5.43 Å². The van der Waals surface area contributed by atoms with E-state index in [4.69, 9.17) is 5.84 Å². The Bertz CT molecular complexity index is 232. The quantitative estimate of drug-likeness (QED) is 0.249. The molecule has 0 rings (SSSR count). The molecule has 0 radical (unpaired) electrons. The number of hydrazine groups is 1. The van der Waals surface area contributed by atoms with Crippen LogP contribution in [-0.4, -0.2) is 32.8 Å². The van der Waals surface area contributed by atoms with E-state index in [0.29, 0.717) is 12.4 Å². The number of hydrogen-bond acceptors (Lipinski definition) is 4. The SMILES string of the molecule is CCN=C(CS(C)(=O)=O)NN. The molecule has 0 bridgehead atoms. The van der Waals surface area contributed by atoms with Crippen LogP contribution in [0.5, 0.6) is 0 Å². The molecule has 6 heteroatoms. The lowest BCUT2D eigenvalue weighted by Gasteiger charge is -2.02. The van der Waals surface area contributed by atoms with E-state index in [9.17, 15) is 8.42 Å². The first-order chi connectivity index (χ1) is 4.99. The summed E-state index contributed by atoms with van der Waals surface area (Å²) in [4.78, 5) is 3.83. The van der Waals surface area contributed by atoms with E-state index in [1.165, 1.54) is 0 Å². The van der Waals surface area contributed by atoms with Gasteiger partial charge in [-0.25, -0.2) is 14.3 Å². The number of nitrogens with one attached hydrogen (secondary N) is 1. The van der Waals surface area contributed by atoms with Crippen molar-refractivity contribution in [1.82, 2.24) is 5.43 Å². The van der Waals surface area contributed by atoms with E-state index in [1.54, 1.807) is 6.92 Å². The highest BCUT2D eigenvalue weighted by molar-refractivity contribution is 7.91.